The molecule has 0 rings (SSSR count). The van der Waals surface area contributed by atoms with E-state index < -0.39 is 11.9 Å². The average molecular weight is 310 g/mol. The minimum Gasteiger partial charge on any atom is -0.481 e. The maximum atomic E-state index is 10.4. The fourth-order valence-electron chi connectivity index (χ4n) is 2.32. The van der Waals surface area contributed by atoms with E-state index in [-0.39, 0.29) is 12.8 Å². The van der Waals surface area contributed by atoms with Crippen molar-refractivity contribution in [3.05, 3.63) is 24.8 Å². The number of aliphatic carboxylic acids is 2. The Hall–Kier alpha value is -1.58. The Morgan fingerprint density at radius 3 is 2.00 bits per heavy atom. The molecule has 0 radical (unpaired) electrons. The minimum atomic E-state index is -0.721. The number of carboxylic acids is 2. The molecule has 0 amide bonds. The molecule has 4 heteroatoms. The lowest BCUT2D eigenvalue weighted by atomic mass is 9.96. The van der Waals surface area contributed by atoms with Crippen molar-refractivity contribution in [2.45, 2.75) is 70.6 Å². The van der Waals surface area contributed by atoms with Gasteiger partial charge in [-0.05, 0) is 50.9 Å². The lowest BCUT2D eigenvalue weighted by molar-refractivity contribution is -0.138. The van der Waals surface area contributed by atoms with Crippen molar-refractivity contribution in [1.82, 2.24) is 0 Å². The zero-order valence-corrected chi connectivity index (χ0v) is 13.5. The summed E-state index contributed by atoms with van der Waals surface area (Å²) in [7, 11) is 0. The highest BCUT2D eigenvalue weighted by molar-refractivity contribution is 5.66. The monoisotopic (exact) mass is 310 g/mol. The second-order valence-electron chi connectivity index (χ2n) is 5.68. The van der Waals surface area contributed by atoms with Crippen molar-refractivity contribution >= 4 is 11.9 Å². The molecule has 1 unspecified atom stereocenters. The Labute approximate surface area is 133 Å². The van der Waals surface area contributed by atoms with E-state index in [1.54, 1.807) is 0 Å². The third-order valence-electron chi connectivity index (χ3n) is 3.68. The first-order chi connectivity index (χ1) is 10.6. The molecular formula is C18H30O4. The van der Waals surface area contributed by atoms with Crippen molar-refractivity contribution in [3.8, 4) is 0 Å². The molecule has 0 saturated carbocycles. The van der Waals surface area contributed by atoms with Gasteiger partial charge in [0.05, 0.1) is 0 Å². The van der Waals surface area contributed by atoms with Gasteiger partial charge < -0.3 is 10.2 Å². The zero-order valence-electron chi connectivity index (χ0n) is 13.5. The van der Waals surface area contributed by atoms with Crippen LogP contribution in [0.25, 0.3) is 0 Å². The second-order valence-corrected chi connectivity index (χ2v) is 5.68. The molecule has 0 aromatic carbocycles. The summed E-state index contributed by atoms with van der Waals surface area (Å²) in [6.07, 6.45) is 15.4. The van der Waals surface area contributed by atoms with E-state index in [9.17, 15) is 9.59 Å². The number of hydrogen-bond donors (Lipinski definition) is 2. The molecule has 0 saturated heterocycles. The van der Waals surface area contributed by atoms with Crippen LogP contribution in [0.3, 0.4) is 0 Å². The van der Waals surface area contributed by atoms with Gasteiger partial charge in [0, 0.05) is 12.8 Å². The van der Waals surface area contributed by atoms with Crippen LogP contribution in [-0.4, -0.2) is 22.2 Å². The maximum Gasteiger partial charge on any atom is 0.303 e. The first kappa shape index (κ1) is 20.4. The summed E-state index contributed by atoms with van der Waals surface area (Å²) in [6.45, 7) is 3.85. The largest absolute Gasteiger partial charge is 0.481 e. The summed E-state index contributed by atoms with van der Waals surface area (Å²) < 4.78 is 0. The quantitative estimate of drug-likeness (QED) is 0.336. The molecule has 0 fully saturated rings. The van der Waals surface area contributed by atoms with E-state index >= 15 is 0 Å². The van der Waals surface area contributed by atoms with Crippen LogP contribution < -0.4 is 0 Å². The summed E-state index contributed by atoms with van der Waals surface area (Å²) in [5, 5.41) is 17.1. The van der Waals surface area contributed by atoms with Gasteiger partial charge in [0.25, 0.3) is 0 Å². The third kappa shape index (κ3) is 14.8. The SMILES string of the molecule is C=CC(CCC=CCCCCCC(=O)O)CCCCC(=O)O. The Morgan fingerprint density at radius 1 is 0.818 bits per heavy atom. The van der Waals surface area contributed by atoms with E-state index in [0.29, 0.717) is 5.92 Å². The Bertz CT molecular complexity index is 347. The normalized spacial score (nSPS) is 12.4. The lowest BCUT2D eigenvalue weighted by Crippen LogP contribution is -1.98. The van der Waals surface area contributed by atoms with Gasteiger partial charge in [-0.25, -0.2) is 0 Å². The van der Waals surface area contributed by atoms with Crippen LogP contribution in [0.15, 0.2) is 24.8 Å². The van der Waals surface area contributed by atoms with Crippen LogP contribution in [0.4, 0.5) is 0 Å². The number of carbonyl (C=O) groups is 2. The highest BCUT2D eigenvalue weighted by atomic mass is 16.4. The molecule has 0 aromatic rings. The lowest BCUT2D eigenvalue weighted by Gasteiger charge is -2.10. The number of rotatable bonds is 15. The fourth-order valence-corrected chi connectivity index (χ4v) is 2.32. The van der Waals surface area contributed by atoms with Crippen LogP contribution in [0.1, 0.15) is 70.6 Å². The van der Waals surface area contributed by atoms with Crippen LogP contribution >= 0.6 is 0 Å². The molecule has 4 nitrogen and oxygen atoms in total. The summed E-state index contributed by atoms with van der Waals surface area (Å²) >= 11 is 0. The van der Waals surface area contributed by atoms with Gasteiger partial charge in [-0.1, -0.05) is 31.1 Å². The molecule has 0 aliphatic heterocycles. The van der Waals surface area contributed by atoms with Gasteiger partial charge in [0.1, 0.15) is 0 Å². The van der Waals surface area contributed by atoms with Crippen LogP contribution in [0.5, 0.6) is 0 Å². The predicted molar refractivity (Wildman–Crippen MR) is 88.9 cm³/mol. The topological polar surface area (TPSA) is 74.6 Å². The van der Waals surface area contributed by atoms with Crippen molar-refractivity contribution in [2.75, 3.05) is 0 Å². The molecule has 1 atom stereocenters. The maximum absolute atomic E-state index is 10.4. The number of carboxylic acid groups (broad SMARTS) is 2. The average Bonchev–Trinajstić information content (AvgIpc) is 2.47. The van der Waals surface area contributed by atoms with E-state index in [1.807, 2.05) is 6.08 Å². The number of unbranched alkanes of at least 4 members (excludes halogenated alkanes) is 4. The van der Waals surface area contributed by atoms with Crippen LogP contribution in [0, 0.1) is 5.92 Å². The molecular weight excluding hydrogens is 280 g/mol. The molecule has 0 bridgehead atoms. The Balaban J connectivity index is 3.52. The molecule has 0 aliphatic rings. The van der Waals surface area contributed by atoms with E-state index in [0.717, 1.165) is 57.8 Å². The molecule has 0 aliphatic carbocycles. The summed E-state index contributed by atoms with van der Waals surface area (Å²) in [4.78, 5) is 20.8. The Kier molecular flexibility index (Phi) is 13.3. The highest BCUT2D eigenvalue weighted by Crippen LogP contribution is 2.17. The van der Waals surface area contributed by atoms with Crippen LogP contribution in [0.2, 0.25) is 0 Å². The van der Waals surface area contributed by atoms with Gasteiger partial charge in [0.15, 0.2) is 0 Å². The van der Waals surface area contributed by atoms with Gasteiger partial charge in [0.2, 0.25) is 0 Å². The van der Waals surface area contributed by atoms with E-state index in [2.05, 4.69) is 18.7 Å². The predicted octanol–water partition coefficient (Wildman–Crippen LogP) is 4.81. The second kappa shape index (κ2) is 14.4. The van der Waals surface area contributed by atoms with Gasteiger partial charge in [-0.15, -0.1) is 6.58 Å². The fraction of sp³-hybridized carbons (Fsp3) is 0.667. The number of hydrogen-bond acceptors (Lipinski definition) is 2. The van der Waals surface area contributed by atoms with Gasteiger partial charge in [-0.2, -0.15) is 0 Å². The molecule has 2 N–H and O–H groups in total. The zero-order chi connectivity index (χ0) is 16.6. The first-order valence-electron chi connectivity index (χ1n) is 8.27. The van der Waals surface area contributed by atoms with Crippen LogP contribution in [-0.2, 0) is 9.59 Å². The highest BCUT2D eigenvalue weighted by Gasteiger charge is 2.04. The Morgan fingerprint density at radius 2 is 1.41 bits per heavy atom. The van der Waals surface area contributed by atoms with Crippen molar-refractivity contribution < 1.29 is 19.8 Å². The standard InChI is InChI=1S/C18H30O4/c1-2-16(13-10-11-15-18(21)22)12-8-6-4-3-5-7-9-14-17(19)20/h2,4,6,16H,1,3,5,7-15H2,(H,19,20)(H,21,22). The van der Waals surface area contributed by atoms with E-state index in [4.69, 9.17) is 10.2 Å². The third-order valence-corrected chi connectivity index (χ3v) is 3.68. The van der Waals surface area contributed by atoms with Crippen molar-refractivity contribution in [1.29, 1.82) is 0 Å². The molecule has 0 spiro atoms. The summed E-state index contributed by atoms with van der Waals surface area (Å²) in [6, 6.07) is 0. The molecule has 126 valence electrons. The van der Waals surface area contributed by atoms with E-state index in [1.165, 1.54) is 0 Å². The summed E-state index contributed by atoms with van der Waals surface area (Å²) in [5.74, 6) is -0.968. The molecule has 0 heterocycles. The first-order valence-corrected chi connectivity index (χ1v) is 8.27. The molecule has 0 aromatic heterocycles. The van der Waals surface area contributed by atoms with Gasteiger partial charge in [-0.3, -0.25) is 9.59 Å². The van der Waals surface area contributed by atoms with Gasteiger partial charge >= 0.3 is 11.9 Å². The smallest absolute Gasteiger partial charge is 0.303 e. The minimum absolute atomic E-state index is 0.256. The van der Waals surface area contributed by atoms with Crippen molar-refractivity contribution in [3.63, 3.8) is 0 Å². The summed E-state index contributed by atoms with van der Waals surface area (Å²) in [5.41, 5.74) is 0. The van der Waals surface area contributed by atoms with Crippen molar-refractivity contribution in [2.24, 2.45) is 5.92 Å². The molecule has 22 heavy (non-hydrogen) atoms. The number of allylic oxidation sites excluding steroid dienone is 3.